The molecule has 11 aromatic rings. The number of hydrogen-bond donors (Lipinski definition) is 0. The average molecular weight is 814 g/mol. The Hall–Kier alpha value is -8.26. The van der Waals surface area contributed by atoms with Gasteiger partial charge in [-0.05, 0) is 131 Å². The van der Waals surface area contributed by atoms with Crippen molar-refractivity contribution < 1.29 is 0 Å². The maximum atomic E-state index is 2.46. The van der Waals surface area contributed by atoms with E-state index in [9.17, 15) is 0 Å². The number of anilines is 3. The first-order valence-corrected chi connectivity index (χ1v) is 22.2. The third kappa shape index (κ3) is 6.16. The van der Waals surface area contributed by atoms with Crippen LogP contribution in [-0.4, -0.2) is 0 Å². The van der Waals surface area contributed by atoms with E-state index in [0.29, 0.717) is 0 Å². The van der Waals surface area contributed by atoms with Gasteiger partial charge in [0.2, 0.25) is 0 Å². The van der Waals surface area contributed by atoms with E-state index in [1.165, 1.54) is 88.3 Å². The van der Waals surface area contributed by atoms with Crippen molar-refractivity contribution in [1.82, 2.24) is 0 Å². The first-order valence-electron chi connectivity index (χ1n) is 22.2. The molecule has 12 rings (SSSR count). The second-order valence-electron chi connectivity index (χ2n) is 16.8. The number of hydrogen-bond acceptors (Lipinski definition) is 1. The first kappa shape index (κ1) is 37.5. The zero-order chi connectivity index (χ0) is 42.5. The summed E-state index contributed by atoms with van der Waals surface area (Å²) >= 11 is 0. The molecule has 0 saturated heterocycles. The van der Waals surface area contributed by atoms with Crippen molar-refractivity contribution in [2.24, 2.45) is 0 Å². The molecule has 0 radical (unpaired) electrons. The highest BCUT2D eigenvalue weighted by Gasteiger charge is 2.46. The molecule has 0 saturated carbocycles. The average Bonchev–Trinajstić information content (AvgIpc) is 3.68. The van der Waals surface area contributed by atoms with E-state index in [-0.39, 0.29) is 0 Å². The van der Waals surface area contributed by atoms with Gasteiger partial charge in [0.25, 0.3) is 0 Å². The fraction of sp³-hybridized carbons (Fsp3) is 0.0159. The van der Waals surface area contributed by atoms with Crippen LogP contribution in [0.4, 0.5) is 17.1 Å². The van der Waals surface area contributed by atoms with Gasteiger partial charge in [-0.25, -0.2) is 0 Å². The van der Waals surface area contributed by atoms with Crippen molar-refractivity contribution in [2.45, 2.75) is 5.41 Å². The van der Waals surface area contributed by atoms with Crippen molar-refractivity contribution in [3.63, 3.8) is 0 Å². The number of fused-ring (bicyclic) bond motifs is 6. The zero-order valence-corrected chi connectivity index (χ0v) is 35.3. The normalized spacial score (nSPS) is 12.5. The predicted octanol–water partition coefficient (Wildman–Crippen LogP) is 16.8. The minimum Gasteiger partial charge on any atom is -0.310 e. The first-order chi connectivity index (χ1) is 31.7. The molecular formula is C63H43N. The fourth-order valence-corrected chi connectivity index (χ4v) is 10.4. The van der Waals surface area contributed by atoms with E-state index < -0.39 is 5.41 Å². The van der Waals surface area contributed by atoms with Crippen LogP contribution in [0.2, 0.25) is 0 Å². The molecule has 0 unspecified atom stereocenters. The predicted molar refractivity (Wildman–Crippen MR) is 270 cm³/mol. The summed E-state index contributed by atoms with van der Waals surface area (Å²) in [6.07, 6.45) is 0. The highest BCUT2D eigenvalue weighted by molar-refractivity contribution is 6.14. The van der Waals surface area contributed by atoms with Gasteiger partial charge in [-0.15, -0.1) is 0 Å². The molecule has 64 heavy (non-hydrogen) atoms. The Morgan fingerprint density at radius 3 is 1.42 bits per heavy atom. The molecule has 1 aliphatic rings. The minimum absolute atomic E-state index is 0.516. The van der Waals surface area contributed by atoms with Gasteiger partial charge in [-0.1, -0.05) is 218 Å². The third-order valence-corrected chi connectivity index (χ3v) is 13.3. The molecule has 0 atom stereocenters. The summed E-state index contributed by atoms with van der Waals surface area (Å²) < 4.78 is 0. The van der Waals surface area contributed by atoms with Crippen molar-refractivity contribution in [2.75, 3.05) is 4.90 Å². The van der Waals surface area contributed by atoms with Gasteiger partial charge in [0, 0.05) is 17.1 Å². The summed E-state index contributed by atoms with van der Waals surface area (Å²) in [7, 11) is 0. The molecule has 0 aromatic heterocycles. The standard InChI is InChI=1S/C63H43N/c1-4-17-44(18-5-1)45-31-33-46(34-32-45)47-35-37-52(38-36-47)64(53-25-16-20-48(41-53)60-42-49-19-10-11-26-55(49)56-27-12-13-28-57(56)60)54-39-40-59-58-29-14-15-30-61(58)63(62(59)43-54,50-21-6-2-7-22-50)51-23-8-3-9-24-51/h1-43H. The Morgan fingerprint density at radius 1 is 0.250 bits per heavy atom. The number of nitrogens with zero attached hydrogens (tertiary/aromatic N) is 1. The highest BCUT2D eigenvalue weighted by atomic mass is 15.1. The summed E-state index contributed by atoms with van der Waals surface area (Å²) in [4.78, 5) is 2.44. The Balaban J connectivity index is 1.05. The minimum atomic E-state index is -0.516. The van der Waals surface area contributed by atoms with Gasteiger partial charge in [0.1, 0.15) is 0 Å². The molecule has 1 heteroatoms. The summed E-state index contributed by atoms with van der Waals surface area (Å²) in [6, 6.07) is 95.9. The topological polar surface area (TPSA) is 3.24 Å². The number of benzene rings is 11. The molecule has 1 nitrogen and oxygen atoms in total. The number of rotatable bonds is 8. The van der Waals surface area contributed by atoms with Crippen LogP contribution in [0.1, 0.15) is 22.3 Å². The molecule has 0 N–H and O–H groups in total. The molecule has 300 valence electrons. The van der Waals surface area contributed by atoms with E-state index in [2.05, 4.69) is 266 Å². The molecule has 0 aliphatic heterocycles. The van der Waals surface area contributed by atoms with Gasteiger partial charge in [0.05, 0.1) is 5.41 Å². The molecule has 1 aliphatic carbocycles. The van der Waals surface area contributed by atoms with Crippen LogP contribution in [0.3, 0.4) is 0 Å². The third-order valence-electron chi connectivity index (χ3n) is 13.3. The van der Waals surface area contributed by atoms with Crippen molar-refractivity contribution in [1.29, 1.82) is 0 Å². The molecule has 0 spiro atoms. The SMILES string of the molecule is c1ccc(-c2ccc(-c3ccc(N(c4cccc(-c5cc6ccccc6c6ccccc56)c4)c4ccc5c(c4)C(c4ccccc4)(c4ccccc4)c4ccccc4-5)cc3)cc2)cc1. The van der Waals surface area contributed by atoms with Crippen LogP contribution < -0.4 is 4.90 Å². The van der Waals surface area contributed by atoms with Crippen LogP contribution in [0, 0.1) is 0 Å². The Kier molecular flexibility index (Phi) is 9.13. The molecule has 0 fully saturated rings. The maximum absolute atomic E-state index is 2.46. The second kappa shape index (κ2) is 15.6. The Labute approximate surface area is 374 Å². The van der Waals surface area contributed by atoms with Crippen molar-refractivity contribution >= 4 is 38.6 Å². The Bertz CT molecular complexity index is 3420. The lowest BCUT2D eigenvalue weighted by atomic mass is 9.67. The van der Waals surface area contributed by atoms with Crippen LogP contribution in [-0.2, 0) is 5.41 Å². The van der Waals surface area contributed by atoms with E-state index in [0.717, 1.165) is 17.1 Å². The second-order valence-corrected chi connectivity index (χ2v) is 16.8. The van der Waals surface area contributed by atoms with Crippen molar-refractivity contribution in [3.8, 4) is 44.5 Å². The molecule has 11 aromatic carbocycles. The summed E-state index contributed by atoms with van der Waals surface area (Å²) in [5.74, 6) is 0. The molecular weight excluding hydrogens is 771 g/mol. The summed E-state index contributed by atoms with van der Waals surface area (Å²) in [5.41, 5.74) is 17.6. The smallest absolute Gasteiger partial charge is 0.0714 e. The molecule has 0 bridgehead atoms. The van der Waals surface area contributed by atoms with E-state index in [1.807, 2.05) is 0 Å². The van der Waals surface area contributed by atoms with E-state index in [1.54, 1.807) is 0 Å². The quantitative estimate of drug-likeness (QED) is 0.138. The maximum Gasteiger partial charge on any atom is 0.0714 e. The fourth-order valence-electron chi connectivity index (χ4n) is 10.4. The molecule has 0 heterocycles. The van der Waals surface area contributed by atoms with Crippen LogP contribution in [0.15, 0.2) is 261 Å². The zero-order valence-electron chi connectivity index (χ0n) is 35.3. The Morgan fingerprint density at radius 2 is 0.734 bits per heavy atom. The van der Waals surface area contributed by atoms with E-state index in [4.69, 9.17) is 0 Å². The van der Waals surface area contributed by atoms with Crippen LogP contribution in [0.25, 0.3) is 66.1 Å². The molecule has 0 amide bonds. The van der Waals surface area contributed by atoms with Crippen LogP contribution in [0.5, 0.6) is 0 Å². The van der Waals surface area contributed by atoms with E-state index >= 15 is 0 Å². The largest absolute Gasteiger partial charge is 0.310 e. The monoisotopic (exact) mass is 813 g/mol. The highest BCUT2D eigenvalue weighted by Crippen LogP contribution is 2.57. The van der Waals surface area contributed by atoms with Gasteiger partial charge >= 0.3 is 0 Å². The van der Waals surface area contributed by atoms with Gasteiger partial charge in [-0.3, -0.25) is 0 Å². The summed E-state index contributed by atoms with van der Waals surface area (Å²) in [6.45, 7) is 0. The van der Waals surface area contributed by atoms with Gasteiger partial charge < -0.3 is 4.90 Å². The van der Waals surface area contributed by atoms with Gasteiger partial charge in [0.15, 0.2) is 0 Å². The lowest BCUT2D eigenvalue weighted by Gasteiger charge is -2.35. The van der Waals surface area contributed by atoms with Crippen molar-refractivity contribution in [3.05, 3.63) is 283 Å². The lowest BCUT2D eigenvalue weighted by Crippen LogP contribution is -2.28. The summed E-state index contributed by atoms with van der Waals surface area (Å²) in [5, 5.41) is 5.02. The van der Waals surface area contributed by atoms with Gasteiger partial charge in [-0.2, -0.15) is 0 Å². The lowest BCUT2D eigenvalue weighted by molar-refractivity contribution is 0.768. The van der Waals surface area contributed by atoms with Crippen LogP contribution >= 0.6 is 0 Å².